The molecule has 0 radical (unpaired) electrons. The van der Waals surface area contributed by atoms with Gasteiger partial charge < -0.3 is 18.9 Å². The van der Waals surface area contributed by atoms with Crippen molar-refractivity contribution in [1.82, 2.24) is 4.57 Å². The first-order valence-corrected chi connectivity index (χ1v) is 13.3. The first kappa shape index (κ1) is 27.9. The number of aromatic nitrogens is 1. The number of methoxy groups -OCH3 is 2. The molecule has 0 amide bonds. The van der Waals surface area contributed by atoms with E-state index in [-0.39, 0.29) is 24.3 Å². The monoisotopic (exact) mass is 576 g/mol. The van der Waals surface area contributed by atoms with E-state index in [1.807, 2.05) is 6.92 Å². The number of carbonyl (C=O) groups is 1. The Morgan fingerprint density at radius 1 is 1.18 bits per heavy atom. The van der Waals surface area contributed by atoms with Crippen molar-refractivity contribution in [2.24, 2.45) is 4.99 Å². The van der Waals surface area contributed by atoms with E-state index in [1.54, 1.807) is 49.4 Å². The van der Waals surface area contributed by atoms with Gasteiger partial charge in [0.2, 0.25) is 0 Å². The van der Waals surface area contributed by atoms with Gasteiger partial charge in [0.15, 0.2) is 16.3 Å². The van der Waals surface area contributed by atoms with Crippen LogP contribution in [-0.4, -0.2) is 44.6 Å². The third-order valence-electron chi connectivity index (χ3n) is 5.82. The summed E-state index contributed by atoms with van der Waals surface area (Å²) in [6.45, 7) is 4.19. The second kappa shape index (κ2) is 12.2. The molecule has 0 aliphatic carbocycles. The average Bonchev–Trinajstić information content (AvgIpc) is 3.19. The minimum Gasteiger partial charge on any atom is -0.493 e. The third-order valence-corrected chi connectivity index (χ3v) is 7.37. The molecule has 2 aromatic carbocycles. The van der Waals surface area contributed by atoms with Gasteiger partial charge in [-0.3, -0.25) is 9.36 Å². The van der Waals surface area contributed by atoms with Gasteiger partial charge >= 0.3 is 5.97 Å². The number of para-hydroxylation sites is 1. The third kappa shape index (κ3) is 5.51. The Hall–Kier alpha value is -3.11. The number of fused-ring (bicyclic) bond motifs is 1. The fraction of sp³-hybridized carbons (Fsp3) is 0.296. The number of benzene rings is 2. The number of rotatable bonds is 9. The van der Waals surface area contributed by atoms with Crippen molar-refractivity contribution in [3.8, 4) is 11.5 Å². The lowest BCUT2D eigenvalue weighted by Gasteiger charge is -2.27. The largest absolute Gasteiger partial charge is 0.493 e. The molecule has 0 unspecified atom stereocenters. The number of ether oxygens (including phenoxy) is 4. The van der Waals surface area contributed by atoms with E-state index in [0.717, 1.165) is 0 Å². The van der Waals surface area contributed by atoms with Gasteiger partial charge in [-0.05, 0) is 43.7 Å². The summed E-state index contributed by atoms with van der Waals surface area (Å²) in [4.78, 5) is 32.3. The molecule has 1 aromatic heterocycles. The molecule has 11 heteroatoms. The number of carbonyl (C=O) groups excluding carboxylic acids is 1. The minimum atomic E-state index is -0.874. The molecule has 0 N–H and O–H groups in total. The Bertz CT molecular complexity index is 1580. The van der Waals surface area contributed by atoms with Crippen LogP contribution >= 0.6 is 34.5 Å². The van der Waals surface area contributed by atoms with Crippen LogP contribution in [0.25, 0.3) is 6.08 Å². The van der Waals surface area contributed by atoms with Gasteiger partial charge in [-0.15, -0.1) is 0 Å². The molecule has 1 atom stereocenters. The first-order valence-electron chi connectivity index (χ1n) is 11.7. The van der Waals surface area contributed by atoms with Gasteiger partial charge in [0.1, 0.15) is 12.6 Å². The van der Waals surface area contributed by atoms with E-state index >= 15 is 0 Å². The number of halogens is 2. The zero-order valence-corrected chi connectivity index (χ0v) is 23.6. The topological polar surface area (TPSA) is 88.4 Å². The molecule has 4 rings (SSSR count). The van der Waals surface area contributed by atoms with E-state index in [4.69, 9.17) is 42.1 Å². The van der Waals surface area contributed by atoms with E-state index in [2.05, 4.69) is 4.99 Å². The molecule has 8 nitrogen and oxygen atoms in total. The summed E-state index contributed by atoms with van der Waals surface area (Å²) in [5.41, 5.74) is 1.50. The molecule has 0 spiro atoms. The van der Waals surface area contributed by atoms with Crippen molar-refractivity contribution in [3.63, 3.8) is 0 Å². The van der Waals surface area contributed by atoms with Crippen LogP contribution in [0.4, 0.5) is 0 Å². The maximum atomic E-state index is 13.9. The van der Waals surface area contributed by atoms with Crippen LogP contribution in [0.15, 0.2) is 57.5 Å². The summed E-state index contributed by atoms with van der Waals surface area (Å²) in [5, 5.41) is 0.896. The van der Waals surface area contributed by atoms with Crippen molar-refractivity contribution in [1.29, 1.82) is 0 Å². The summed E-state index contributed by atoms with van der Waals surface area (Å²) in [7, 11) is 3.05. The molecule has 38 heavy (non-hydrogen) atoms. The lowest BCUT2D eigenvalue weighted by molar-refractivity contribution is -0.140. The summed E-state index contributed by atoms with van der Waals surface area (Å²) in [6.07, 6.45) is 1.69. The molecule has 0 saturated heterocycles. The molecule has 2 heterocycles. The van der Waals surface area contributed by atoms with Crippen molar-refractivity contribution in [3.05, 3.63) is 88.5 Å². The Morgan fingerprint density at radius 3 is 2.66 bits per heavy atom. The van der Waals surface area contributed by atoms with Gasteiger partial charge in [0.05, 0.1) is 36.1 Å². The first-order chi connectivity index (χ1) is 18.3. The van der Waals surface area contributed by atoms with E-state index in [0.29, 0.717) is 54.3 Å². The zero-order chi connectivity index (χ0) is 27.4. The SMILES string of the molecule is CCOc1c(OC)cccc1[C@@H]1C(C(=O)OCCOC)=C(C)N=c2s/c(=C/c3ccc(Cl)cc3Cl)c(=O)n21. The lowest BCUT2D eigenvalue weighted by Crippen LogP contribution is -2.40. The Kier molecular flexibility index (Phi) is 8.94. The van der Waals surface area contributed by atoms with Crippen LogP contribution in [0.5, 0.6) is 11.5 Å². The highest BCUT2D eigenvalue weighted by Crippen LogP contribution is 2.40. The molecular formula is C27H26Cl2N2O6S. The van der Waals surface area contributed by atoms with E-state index in [9.17, 15) is 9.59 Å². The average molecular weight is 577 g/mol. The predicted molar refractivity (Wildman–Crippen MR) is 147 cm³/mol. The molecular weight excluding hydrogens is 551 g/mol. The van der Waals surface area contributed by atoms with Gasteiger partial charge in [0, 0.05) is 22.7 Å². The van der Waals surface area contributed by atoms with E-state index < -0.39 is 12.0 Å². The Balaban J connectivity index is 1.98. The van der Waals surface area contributed by atoms with Gasteiger partial charge in [-0.1, -0.05) is 52.7 Å². The quantitative estimate of drug-likeness (QED) is 0.281. The fourth-order valence-corrected chi connectivity index (χ4v) is 5.64. The Morgan fingerprint density at radius 2 is 1.97 bits per heavy atom. The van der Waals surface area contributed by atoms with Crippen molar-refractivity contribution in [2.45, 2.75) is 19.9 Å². The summed E-state index contributed by atoms with van der Waals surface area (Å²) < 4.78 is 23.9. The molecule has 0 saturated carbocycles. The molecule has 200 valence electrons. The predicted octanol–water partition coefficient (Wildman–Crippen LogP) is 4.14. The summed E-state index contributed by atoms with van der Waals surface area (Å²) in [6, 6.07) is 9.50. The number of nitrogens with zero attached hydrogens (tertiary/aromatic N) is 2. The zero-order valence-electron chi connectivity index (χ0n) is 21.2. The van der Waals surface area contributed by atoms with Gasteiger partial charge in [-0.2, -0.15) is 0 Å². The van der Waals surface area contributed by atoms with Crippen molar-refractivity contribution >= 4 is 46.6 Å². The standard InChI is InChI=1S/C27H26Cl2N2O6S/c1-5-36-24-18(7-6-8-20(24)35-4)23-22(26(33)37-12-11-34-3)15(2)30-27-31(23)25(32)21(38-27)13-16-9-10-17(28)14-19(16)29/h6-10,13-14,23H,5,11-12H2,1-4H3/b21-13+/t23-/m1/s1. The highest BCUT2D eigenvalue weighted by molar-refractivity contribution is 7.07. The molecule has 1 aliphatic rings. The number of thiazole rings is 1. The van der Waals surface area contributed by atoms with Gasteiger partial charge in [-0.25, -0.2) is 9.79 Å². The highest BCUT2D eigenvalue weighted by Gasteiger charge is 2.36. The molecule has 1 aliphatic heterocycles. The lowest BCUT2D eigenvalue weighted by atomic mass is 9.94. The van der Waals surface area contributed by atoms with Crippen molar-refractivity contribution < 1.29 is 23.7 Å². The van der Waals surface area contributed by atoms with Crippen LogP contribution in [0.3, 0.4) is 0 Å². The maximum absolute atomic E-state index is 13.9. The van der Waals surface area contributed by atoms with Crippen LogP contribution in [0, 0.1) is 0 Å². The summed E-state index contributed by atoms with van der Waals surface area (Å²) in [5.74, 6) is 0.296. The van der Waals surface area contributed by atoms with Crippen LogP contribution in [0.2, 0.25) is 10.0 Å². The number of hydrogen-bond acceptors (Lipinski definition) is 8. The normalized spacial score (nSPS) is 15.2. The maximum Gasteiger partial charge on any atom is 0.338 e. The number of hydrogen-bond donors (Lipinski definition) is 0. The van der Waals surface area contributed by atoms with Crippen molar-refractivity contribution in [2.75, 3.05) is 34.0 Å². The number of allylic oxidation sites excluding steroid dienone is 1. The second-order valence-corrected chi connectivity index (χ2v) is 10.0. The smallest absolute Gasteiger partial charge is 0.338 e. The number of esters is 1. The Labute approximate surface area is 233 Å². The molecule has 0 fully saturated rings. The highest BCUT2D eigenvalue weighted by atomic mass is 35.5. The van der Waals surface area contributed by atoms with Crippen LogP contribution in [-0.2, 0) is 14.3 Å². The van der Waals surface area contributed by atoms with E-state index in [1.165, 1.54) is 30.1 Å². The molecule has 3 aromatic rings. The van der Waals surface area contributed by atoms with Gasteiger partial charge in [0.25, 0.3) is 5.56 Å². The molecule has 0 bridgehead atoms. The summed E-state index contributed by atoms with van der Waals surface area (Å²) >= 11 is 13.6. The second-order valence-electron chi connectivity index (χ2n) is 8.19. The minimum absolute atomic E-state index is 0.0503. The van der Waals surface area contributed by atoms with Crippen LogP contribution < -0.4 is 24.4 Å². The fourth-order valence-electron chi connectivity index (χ4n) is 4.14. The van der Waals surface area contributed by atoms with Crippen LogP contribution in [0.1, 0.15) is 31.0 Å².